The third kappa shape index (κ3) is 4.05. The molecule has 0 aromatic heterocycles. The largest absolute Gasteiger partial charge is 0.489 e. The van der Waals surface area contributed by atoms with Crippen LogP contribution < -0.4 is 10.1 Å². The molecule has 4 heteroatoms. The Hall–Kier alpha value is -3.58. The van der Waals surface area contributed by atoms with Crippen LogP contribution in [0.2, 0.25) is 0 Å². The lowest BCUT2D eigenvalue weighted by Gasteiger charge is -2.11. The zero-order valence-corrected chi connectivity index (χ0v) is 15.4. The summed E-state index contributed by atoms with van der Waals surface area (Å²) in [6, 6.07) is 25.9. The van der Waals surface area contributed by atoms with Gasteiger partial charge in [-0.2, -0.15) is 5.26 Å². The highest BCUT2D eigenvalue weighted by Crippen LogP contribution is 2.30. The second-order valence-corrected chi connectivity index (χ2v) is 6.92. The number of fused-ring (bicyclic) bond motifs is 1. The summed E-state index contributed by atoms with van der Waals surface area (Å²) in [6.45, 7) is 0.492. The summed E-state index contributed by atoms with van der Waals surface area (Å²) in [5, 5.41) is 11.9. The molecule has 0 saturated heterocycles. The first-order valence-corrected chi connectivity index (χ1v) is 9.32. The molecule has 4 rings (SSSR count). The van der Waals surface area contributed by atoms with E-state index in [2.05, 4.69) is 35.7 Å². The molecule has 138 valence electrons. The zero-order chi connectivity index (χ0) is 19.3. The van der Waals surface area contributed by atoms with E-state index < -0.39 is 0 Å². The van der Waals surface area contributed by atoms with E-state index in [1.807, 2.05) is 36.4 Å². The standard InChI is InChI=1S/C24H20N2O2/c25-15-18-8-11-23-21(12-18)13-22(28-23)14-24(27)26-16-17-6-9-20(10-7-17)19-4-2-1-3-5-19/h1-12,22H,13-14,16H2,(H,26,27). The van der Waals surface area contributed by atoms with Crippen LogP contribution in [0.3, 0.4) is 0 Å². The summed E-state index contributed by atoms with van der Waals surface area (Å²) >= 11 is 0. The molecular weight excluding hydrogens is 348 g/mol. The van der Waals surface area contributed by atoms with Gasteiger partial charge in [0, 0.05) is 13.0 Å². The lowest BCUT2D eigenvalue weighted by molar-refractivity contribution is -0.122. The molecule has 4 nitrogen and oxygen atoms in total. The Morgan fingerprint density at radius 3 is 2.54 bits per heavy atom. The second kappa shape index (κ2) is 7.98. The summed E-state index contributed by atoms with van der Waals surface area (Å²) in [7, 11) is 0. The average molecular weight is 368 g/mol. The Labute approximate surface area is 164 Å². The average Bonchev–Trinajstić information content (AvgIpc) is 3.14. The fraction of sp³-hybridized carbons (Fsp3) is 0.167. The number of benzene rings is 3. The number of rotatable bonds is 5. The normalized spacial score (nSPS) is 14.6. The Kier molecular flexibility index (Phi) is 5.07. The van der Waals surface area contributed by atoms with Crippen molar-refractivity contribution >= 4 is 5.91 Å². The number of ether oxygens (including phenoxy) is 1. The van der Waals surface area contributed by atoms with E-state index in [0.29, 0.717) is 24.9 Å². The van der Waals surface area contributed by atoms with Gasteiger partial charge in [0.2, 0.25) is 5.91 Å². The number of hydrogen-bond donors (Lipinski definition) is 1. The summed E-state index contributed by atoms with van der Waals surface area (Å²) in [6.07, 6.45) is 0.785. The van der Waals surface area contributed by atoms with Gasteiger partial charge in [-0.3, -0.25) is 4.79 Å². The van der Waals surface area contributed by atoms with Crippen molar-refractivity contribution in [3.63, 3.8) is 0 Å². The molecular formula is C24H20N2O2. The van der Waals surface area contributed by atoms with Crippen LogP contribution in [-0.4, -0.2) is 12.0 Å². The molecule has 1 unspecified atom stereocenters. The number of nitrogens with one attached hydrogen (secondary N) is 1. The van der Waals surface area contributed by atoms with Crippen molar-refractivity contribution in [2.45, 2.75) is 25.5 Å². The third-order valence-electron chi connectivity index (χ3n) is 4.89. The zero-order valence-electron chi connectivity index (χ0n) is 15.4. The predicted octanol–water partition coefficient (Wildman–Crippen LogP) is 4.24. The van der Waals surface area contributed by atoms with Crippen LogP contribution in [-0.2, 0) is 17.8 Å². The molecule has 0 bridgehead atoms. The summed E-state index contributed by atoms with van der Waals surface area (Å²) in [5.41, 5.74) is 5.00. The van der Waals surface area contributed by atoms with Crippen molar-refractivity contribution in [1.82, 2.24) is 5.32 Å². The molecule has 0 spiro atoms. The van der Waals surface area contributed by atoms with Crippen LogP contribution in [0.5, 0.6) is 5.75 Å². The highest BCUT2D eigenvalue weighted by molar-refractivity contribution is 5.76. The molecule has 28 heavy (non-hydrogen) atoms. The highest BCUT2D eigenvalue weighted by Gasteiger charge is 2.25. The Morgan fingerprint density at radius 2 is 1.79 bits per heavy atom. The minimum absolute atomic E-state index is 0.0366. The molecule has 1 amide bonds. The Balaban J connectivity index is 1.29. The van der Waals surface area contributed by atoms with Crippen molar-refractivity contribution in [3.8, 4) is 22.9 Å². The maximum atomic E-state index is 12.3. The summed E-state index contributed by atoms with van der Waals surface area (Å²) in [5.74, 6) is 0.735. The maximum absolute atomic E-state index is 12.3. The van der Waals surface area contributed by atoms with E-state index in [1.54, 1.807) is 12.1 Å². The van der Waals surface area contributed by atoms with Gasteiger partial charge in [-0.25, -0.2) is 0 Å². The molecule has 0 saturated carbocycles. The van der Waals surface area contributed by atoms with Crippen molar-refractivity contribution in [2.24, 2.45) is 0 Å². The fourth-order valence-electron chi connectivity index (χ4n) is 3.43. The first-order chi connectivity index (χ1) is 13.7. The van der Waals surface area contributed by atoms with Crippen LogP contribution in [0.15, 0.2) is 72.8 Å². The third-order valence-corrected chi connectivity index (χ3v) is 4.89. The second-order valence-electron chi connectivity index (χ2n) is 6.92. The van der Waals surface area contributed by atoms with Gasteiger partial charge in [0.1, 0.15) is 11.9 Å². The fourth-order valence-corrected chi connectivity index (χ4v) is 3.43. The quantitative estimate of drug-likeness (QED) is 0.733. The number of carbonyl (C=O) groups is 1. The molecule has 0 radical (unpaired) electrons. The van der Waals surface area contributed by atoms with Gasteiger partial charge in [0.05, 0.1) is 18.1 Å². The van der Waals surface area contributed by atoms with Crippen molar-refractivity contribution in [3.05, 3.63) is 89.5 Å². The van der Waals surface area contributed by atoms with E-state index in [1.165, 1.54) is 5.56 Å². The lowest BCUT2D eigenvalue weighted by Crippen LogP contribution is -2.28. The van der Waals surface area contributed by atoms with Gasteiger partial charge < -0.3 is 10.1 Å². The topological polar surface area (TPSA) is 62.1 Å². The molecule has 0 aliphatic carbocycles. The van der Waals surface area contributed by atoms with Crippen LogP contribution in [0.25, 0.3) is 11.1 Å². The predicted molar refractivity (Wildman–Crippen MR) is 108 cm³/mol. The van der Waals surface area contributed by atoms with Crippen LogP contribution in [0.1, 0.15) is 23.1 Å². The minimum atomic E-state index is -0.176. The first-order valence-electron chi connectivity index (χ1n) is 9.32. The maximum Gasteiger partial charge on any atom is 0.224 e. The number of nitriles is 1. The van der Waals surface area contributed by atoms with Gasteiger partial charge in [-0.05, 0) is 40.5 Å². The number of nitrogens with zero attached hydrogens (tertiary/aromatic N) is 1. The first kappa shape index (κ1) is 17.8. The number of hydrogen-bond acceptors (Lipinski definition) is 3. The highest BCUT2D eigenvalue weighted by atomic mass is 16.5. The lowest BCUT2D eigenvalue weighted by atomic mass is 10.0. The molecule has 1 N–H and O–H groups in total. The molecule has 1 atom stereocenters. The van der Waals surface area contributed by atoms with Gasteiger partial charge >= 0.3 is 0 Å². The molecule has 1 heterocycles. The molecule has 3 aromatic rings. The smallest absolute Gasteiger partial charge is 0.224 e. The van der Waals surface area contributed by atoms with E-state index in [0.717, 1.165) is 22.4 Å². The molecule has 3 aromatic carbocycles. The van der Waals surface area contributed by atoms with Gasteiger partial charge in [-0.15, -0.1) is 0 Å². The summed E-state index contributed by atoms with van der Waals surface area (Å²) < 4.78 is 5.82. The summed E-state index contributed by atoms with van der Waals surface area (Å²) in [4.78, 5) is 12.3. The van der Waals surface area contributed by atoms with Gasteiger partial charge in [0.25, 0.3) is 0 Å². The van der Waals surface area contributed by atoms with Gasteiger partial charge in [0.15, 0.2) is 0 Å². The number of carbonyl (C=O) groups excluding carboxylic acids is 1. The molecule has 1 aliphatic rings. The Bertz CT molecular complexity index is 1020. The van der Waals surface area contributed by atoms with Crippen molar-refractivity contribution < 1.29 is 9.53 Å². The van der Waals surface area contributed by atoms with E-state index in [-0.39, 0.29) is 12.0 Å². The van der Waals surface area contributed by atoms with Crippen LogP contribution in [0.4, 0.5) is 0 Å². The van der Waals surface area contributed by atoms with Crippen LogP contribution in [0, 0.1) is 11.3 Å². The van der Waals surface area contributed by atoms with Gasteiger partial charge in [-0.1, -0.05) is 54.6 Å². The monoisotopic (exact) mass is 368 g/mol. The van der Waals surface area contributed by atoms with E-state index in [9.17, 15) is 4.79 Å². The molecule has 1 aliphatic heterocycles. The Morgan fingerprint density at radius 1 is 1.04 bits per heavy atom. The van der Waals surface area contributed by atoms with Crippen molar-refractivity contribution in [1.29, 1.82) is 5.26 Å². The van der Waals surface area contributed by atoms with E-state index >= 15 is 0 Å². The minimum Gasteiger partial charge on any atom is -0.489 e. The number of amides is 1. The molecule has 0 fully saturated rings. The van der Waals surface area contributed by atoms with E-state index in [4.69, 9.17) is 10.00 Å². The van der Waals surface area contributed by atoms with Crippen LogP contribution >= 0.6 is 0 Å². The van der Waals surface area contributed by atoms with Crippen molar-refractivity contribution in [2.75, 3.05) is 0 Å². The SMILES string of the molecule is N#Cc1ccc2c(c1)CC(CC(=O)NCc1ccc(-c3ccccc3)cc1)O2.